The minimum Gasteiger partial charge on any atom is -0.339 e. The van der Waals surface area contributed by atoms with E-state index in [9.17, 15) is 4.79 Å². The number of aromatic nitrogens is 1. The molecule has 4 nitrogen and oxygen atoms in total. The summed E-state index contributed by atoms with van der Waals surface area (Å²) in [5.41, 5.74) is 3.97. The lowest BCUT2D eigenvalue weighted by atomic mass is 9.83. The summed E-state index contributed by atoms with van der Waals surface area (Å²) in [6, 6.07) is 10.9. The molecule has 2 atom stereocenters. The van der Waals surface area contributed by atoms with Gasteiger partial charge in [-0.2, -0.15) is 0 Å². The lowest BCUT2D eigenvalue weighted by Crippen LogP contribution is -2.56. The Hall–Kier alpha value is -1.98. The van der Waals surface area contributed by atoms with E-state index in [4.69, 9.17) is 0 Å². The Morgan fingerprint density at radius 2 is 2.11 bits per heavy atom. The SMILES string of the molecule is O=C(Cc1cscn1)N1CCC[C@@H]2CN(C/C=C/c3ccccc3)CC[C@H]21. The summed E-state index contributed by atoms with van der Waals surface area (Å²) < 4.78 is 0. The second-order valence-corrected chi connectivity index (χ2v) is 8.29. The molecule has 2 fully saturated rings. The van der Waals surface area contributed by atoms with Gasteiger partial charge in [0, 0.05) is 37.6 Å². The highest BCUT2D eigenvalue weighted by atomic mass is 32.1. The first kappa shape index (κ1) is 18.4. The van der Waals surface area contributed by atoms with E-state index in [1.807, 2.05) is 17.0 Å². The standard InChI is InChI=1S/C22H27N3OS/c26-22(14-20-16-27-17-23-20)25-12-5-9-19-15-24(13-10-21(19)25)11-4-8-18-6-2-1-3-7-18/h1-4,6-8,16-17,19,21H,5,9-15H2/b8-4+/t19-,21-/m1/s1. The van der Waals surface area contributed by atoms with Crippen molar-refractivity contribution in [1.29, 1.82) is 0 Å². The largest absolute Gasteiger partial charge is 0.339 e. The molecule has 4 rings (SSSR count). The van der Waals surface area contributed by atoms with E-state index >= 15 is 0 Å². The highest BCUT2D eigenvalue weighted by Crippen LogP contribution is 2.31. The highest BCUT2D eigenvalue weighted by molar-refractivity contribution is 7.07. The molecular weight excluding hydrogens is 354 g/mol. The summed E-state index contributed by atoms with van der Waals surface area (Å²) in [6.07, 6.45) is 8.38. The number of rotatable bonds is 5. The van der Waals surface area contributed by atoms with Crippen molar-refractivity contribution in [1.82, 2.24) is 14.8 Å². The van der Waals surface area contributed by atoms with Crippen LogP contribution in [0.25, 0.3) is 6.08 Å². The van der Waals surface area contributed by atoms with Gasteiger partial charge in [-0.25, -0.2) is 4.98 Å². The van der Waals surface area contributed by atoms with E-state index in [0.717, 1.165) is 44.7 Å². The zero-order valence-corrected chi connectivity index (χ0v) is 16.5. The molecule has 2 aliphatic heterocycles. The van der Waals surface area contributed by atoms with Crippen LogP contribution in [-0.4, -0.2) is 52.9 Å². The first-order valence-electron chi connectivity index (χ1n) is 9.90. The molecule has 0 radical (unpaired) electrons. The smallest absolute Gasteiger partial charge is 0.228 e. The highest BCUT2D eigenvalue weighted by Gasteiger charge is 2.37. The maximum atomic E-state index is 12.8. The molecule has 0 aliphatic carbocycles. The van der Waals surface area contributed by atoms with Crippen molar-refractivity contribution < 1.29 is 4.79 Å². The minimum absolute atomic E-state index is 0.257. The van der Waals surface area contributed by atoms with Gasteiger partial charge >= 0.3 is 0 Å². The Labute approximate surface area is 165 Å². The quantitative estimate of drug-likeness (QED) is 0.792. The van der Waals surface area contributed by atoms with Gasteiger partial charge in [0.1, 0.15) is 0 Å². The van der Waals surface area contributed by atoms with E-state index in [0.29, 0.717) is 18.4 Å². The van der Waals surface area contributed by atoms with Crippen LogP contribution in [0.3, 0.4) is 0 Å². The van der Waals surface area contributed by atoms with E-state index in [2.05, 4.69) is 51.2 Å². The molecule has 142 valence electrons. The first-order chi connectivity index (χ1) is 13.3. The van der Waals surface area contributed by atoms with Gasteiger partial charge in [0.15, 0.2) is 0 Å². The van der Waals surface area contributed by atoms with Crippen molar-refractivity contribution in [3.05, 3.63) is 58.6 Å². The summed E-state index contributed by atoms with van der Waals surface area (Å²) in [6.45, 7) is 4.08. The molecule has 1 aromatic carbocycles. The third-order valence-corrected chi connectivity index (χ3v) is 6.40. The number of likely N-dealkylation sites (tertiary alicyclic amines) is 2. The van der Waals surface area contributed by atoms with Crippen molar-refractivity contribution in [3.63, 3.8) is 0 Å². The lowest BCUT2D eigenvalue weighted by Gasteiger charge is -2.47. The van der Waals surface area contributed by atoms with Crippen LogP contribution in [0.2, 0.25) is 0 Å². The van der Waals surface area contributed by atoms with E-state index in [1.54, 1.807) is 11.3 Å². The summed E-state index contributed by atoms with van der Waals surface area (Å²) in [5, 5.41) is 1.99. The summed E-state index contributed by atoms with van der Waals surface area (Å²) in [7, 11) is 0. The van der Waals surface area contributed by atoms with Gasteiger partial charge in [-0.3, -0.25) is 9.69 Å². The van der Waals surface area contributed by atoms with Gasteiger partial charge in [-0.1, -0.05) is 42.5 Å². The van der Waals surface area contributed by atoms with Gasteiger partial charge < -0.3 is 4.90 Å². The molecule has 0 saturated carbocycles. The van der Waals surface area contributed by atoms with Gasteiger partial charge in [-0.05, 0) is 30.7 Å². The van der Waals surface area contributed by atoms with E-state index in [1.165, 1.54) is 12.0 Å². The fraction of sp³-hybridized carbons (Fsp3) is 0.455. The summed E-state index contributed by atoms with van der Waals surface area (Å²) in [5.74, 6) is 0.866. The van der Waals surface area contributed by atoms with Gasteiger partial charge in [0.25, 0.3) is 0 Å². The van der Waals surface area contributed by atoms with E-state index in [-0.39, 0.29) is 5.91 Å². The topological polar surface area (TPSA) is 36.4 Å². The van der Waals surface area contributed by atoms with Crippen molar-refractivity contribution in [2.75, 3.05) is 26.2 Å². The molecule has 1 amide bonds. The number of fused-ring (bicyclic) bond motifs is 1. The molecule has 2 saturated heterocycles. The second-order valence-electron chi connectivity index (χ2n) is 7.57. The van der Waals surface area contributed by atoms with Gasteiger partial charge in [-0.15, -0.1) is 11.3 Å². The molecule has 0 N–H and O–H groups in total. The molecule has 5 heteroatoms. The molecule has 0 unspecified atom stereocenters. The minimum atomic E-state index is 0.257. The molecule has 1 aromatic heterocycles. The van der Waals surface area contributed by atoms with Crippen LogP contribution in [0.5, 0.6) is 0 Å². The second kappa shape index (κ2) is 8.81. The number of carbonyl (C=O) groups is 1. The van der Waals surface area contributed by atoms with Crippen molar-refractivity contribution in [3.8, 4) is 0 Å². The number of hydrogen-bond acceptors (Lipinski definition) is 4. The Kier molecular flexibility index (Phi) is 6.00. The predicted octanol–water partition coefficient (Wildman–Crippen LogP) is 3.71. The molecule has 2 aliphatic rings. The van der Waals surface area contributed by atoms with Gasteiger partial charge in [0.2, 0.25) is 5.91 Å². The van der Waals surface area contributed by atoms with Crippen LogP contribution in [-0.2, 0) is 11.2 Å². The molecular formula is C22H27N3OS. The Morgan fingerprint density at radius 1 is 1.22 bits per heavy atom. The normalized spacial score (nSPS) is 23.5. The average Bonchev–Trinajstić information content (AvgIpc) is 3.21. The zero-order valence-electron chi connectivity index (χ0n) is 15.7. The number of benzene rings is 1. The van der Waals surface area contributed by atoms with Gasteiger partial charge in [0.05, 0.1) is 17.6 Å². The van der Waals surface area contributed by atoms with Crippen LogP contribution in [0.15, 0.2) is 47.3 Å². The van der Waals surface area contributed by atoms with Crippen molar-refractivity contribution >= 4 is 23.3 Å². The number of hydrogen-bond donors (Lipinski definition) is 0. The Morgan fingerprint density at radius 3 is 2.93 bits per heavy atom. The van der Waals surface area contributed by atoms with Crippen molar-refractivity contribution in [2.24, 2.45) is 5.92 Å². The number of piperidine rings is 2. The lowest BCUT2D eigenvalue weighted by molar-refractivity contribution is -0.137. The number of carbonyl (C=O) groups excluding carboxylic acids is 1. The first-order valence-corrected chi connectivity index (χ1v) is 10.8. The molecule has 3 heterocycles. The number of nitrogens with zero attached hydrogens (tertiary/aromatic N) is 3. The maximum Gasteiger partial charge on any atom is 0.228 e. The zero-order chi connectivity index (χ0) is 18.5. The molecule has 0 bridgehead atoms. The Balaban J connectivity index is 1.32. The third-order valence-electron chi connectivity index (χ3n) is 5.76. The van der Waals surface area contributed by atoms with Crippen molar-refractivity contribution in [2.45, 2.75) is 31.7 Å². The predicted molar refractivity (Wildman–Crippen MR) is 111 cm³/mol. The Bertz CT molecular complexity index is 759. The fourth-order valence-corrected chi connectivity index (χ4v) is 5.00. The summed E-state index contributed by atoms with van der Waals surface area (Å²) >= 11 is 1.56. The maximum absolute atomic E-state index is 12.8. The monoisotopic (exact) mass is 381 g/mol. The summed E-state index contributed by atoms with van der Waals surface area (Å²) in [4.78, 5) is 21.8. The number of amides is 1. The molecule has 0 spiro atoms. The van der Waals surface area contributed by atoms with Crippen LogP contribution < -0.4 is 0 Å². The van der Waals surface area contributed by atoms with Crippen LogP contribution >= 0.6 is 11.3 Å². The average molecular weight is 382 g/mol. The molecule has 27 heavy (non-hydrogen) atoms. The number of thiazole rings is 1. The van der Waals surface area contributed by atoms with Crippen LogP contribution in [0, 0.1) is 5.92 Å². The molecule has 2 aromatic rings. The van der Waals surface area contributed by atoms with Crippen LogP contribution in [0.1, 0.15) is 30.5 Å². The van der Waals surface area contributed by atoms with E-state index < -0.39 is 0 Å². The van der Waals surface area contributed by atoms with Crippen LogP contribution in [0.4, 0.5) is 0 Å². The fourth-order valence-electron chi connectivity index (χ4n) is 4.44. The third kappa shape index (κ3) is 4.66.